The van der Waals surface area contributed by atoms with Crippen LogP contribution in [0.15, 0.2) is 249 Å². The van der Waals surface area contributed by atoms with Gasteiger partial charge in [-0.15, -0.1) is 0 Å². The minimum Gasteiger partial charge on any atom is -0.309 e. The lowest BCUT2D eigenvalue weighted by molar-refractivity contribution is 0.794. The van der Waals surface area contributed by atoms with Gasteiger partial charge < -0.3 is 4.57 Å². The monoisotopic (exact) mass is 863 g/mol. The van der Waals surface area contributed by atoms with Crippen LogP contribution in [0.2, 0.25) is 0 Å². The third-order valence-corrected chi connectivity index (χ3v) is 14.4. The van der Waals surface area contributed by atoms with Gasteiger partial charge in [-0.1, -0.05) is 200 Å². The van der Waals surface area contributed by atoms with E-state index < -0.39 is 5.41 Å². The smallest absolute Gasteiger partial charge is 0.160 e. The lowest BCUT2D eigenvalue weighted by Crippen LogP contribution is -2.26. The van der Waals surface area contributed by atoms with Crippen LogP contribution in [-0.4, -0.2) is 14.5 Å². The molecule has 0 fully saturated rings. The average molecular weight is 864 g/mol. The molecule has 316 valence electrons. The Morgan fingerprint density at radius 2 is 0.721 bits per heavy atom. The van der Waals surface area contributed by atoms with Crippen LogP contribution in [0.4, 0.5) is 0 Å². The Morgan fingerprint density at radius 3 is 1.34 bits per heavy atom. The highest BCUT2D eigenvalue weighted by atomic mass is 15.0. The predicted octanol–water partition coefficient (Wildman–Crippen LogP) is 16.3. The highest BCUT2D eigenvalue weighted by Crippen LogP contribution is 2.63. The molecule has 0 amide bonds. The third-order valence-electron chi connectivity index (χ3n) is 14.4. The molecule has 1 spiro atoms. The third kappa shape index (κ3) is 5.72. The zero-order chi connectivity index (χ0) is 44.8. The molecular formula is C65H41N3. The fourth-order valence-corrected chi connectivity index (χ4v) is 11.4. The molecule has 68 heavy (non-hydrogen) atoms. The molecule has 3 nitrogen and oxygen atoms in total. The van der Waals surface area contributed by atoms with E-state index in [0.29, 0.717) is 5.82 Å². The van der Waals surface area contributed by atoms with Crippen LogP contribution < -0.4 is 0 Å². The van der Waals surface area contributed by atoms with Crippen LogP contribution in [0.25, 0.3) is 106 Å². The number of para-hydroxylation sites is 2. The van der Waals surface area contributed by atoms with E-state index in [0.717, 1.165) is 39.3 Å². The van der Waals surface area contributed by atoms with Gasteiger partial charge >= 0.3 is 0 Å². The molecule has 0 bridgehead atoms. The predicted molar refractivity (Wildman–Crippen MR) is 280 cm³/mol. The van der Waals surface area contributed by atoms with E-state index in [9.17, 15) is 0 Å². The second-order valence-electron chi connectivity index (χ2n) is 18.1. The van der Waals surface area contributed by atoms with Gasteiger partial charge in [-0.2, -0.15) is 0 Å². The van der Waals surface area contributed by atoms with Gasteiger partial charge in [-0.05, 0) is 115 Å². The quantitative estimate of drug-likeness (QED) is 0.167. The van der Waals surface area contributed by atoms with Crippen molar-refractivity contribution in [3.8, 4) is 84.1 Å². The van der Waals surface area contributed by atoms with Gasteiger partial charge in [0.15, 0.2) is 5.82 Å². The normalized spacial score (nSPS) is 12.8. The molecule has 0 N–H and O–H groups in total. The summed E-state index contributed by atoms with van der Waals surface area (Å²) in [7, 11) is 0. The SMILES string of the molecule is c1ccc(-c2cc(-c3cccc(-c4ccc5c(c4)C4(c6ccccc6-c6ccccc64)c4cc(-c6cccc(-n7c8ccccc8c8ccccc87)c6)ccc4-5)c3)nc(-c3ccccc3)n2)cc1. The van der Waals surface area contributed by atoms with Crippen molar-refractivity contribution in [3.05, 3.63) is 271 Å². The highest BCUT2D eigenvalue weighted by molar-refractivity contribution is 6.09. The molecule has 2 aliphatic rings. The summed E-state index contributed by atoms with van der Waals surface area (Å²) < 4.78 is 2.41. The summed E-state index contributed by atoms with van der Waals surface area (Å²) in [6.45, 7) is 0. The summed E-state index contributed by atoms with van der Waals surface area (Å²) in [6.07, 6.45) is 0. The van der Waals surface area contributed by atoms with Crippen LogP contribution in [0.5, 0.6) is 0 Å². The largest absolute Gasteiger partial charge is 0.309 e. The number of rotatable bonds is 6. The maximum atomic E-state index is 5.19. The lowest BCUT2D eigenvalue weighted by Gasteiger charge is -2.31. The Morgan fingerprint density at radius 1 is 0.279 bits per heavy atom. The number of fused-ring (bicyclic) bond motifs is 13. The number of hydrogen-bond acceptors (Lipinski definition) is 2. The zero-order valence-electron chi connectivity index (χ0n) is 37.0. The summed E-state index contributed by atoms with van der Waals surface area (Å²) in [5.41, 5.74) is 23.0. The van der Waals surface area contributed by atoms with Crippen molar-refractivity contribution in [3.63, 3.8) is 0 Å². The molecule has 14 rings (SSSR count). The molecule has 0 atom stereocenters. The summed E-state index contributed by atoms with van der Waals surface area (Å²) >= 11 is 0. The molecule has 0 radical (unpaired) electrons. The summed E-state index contributed by atoms with van der Waals surface area (Å²) in [6, 6.07) is 90.7. The Kier molecular flexibility index (Phi) is 8.50. The van der Waals surface area contributed by atoms with Gasteiger partial charge in [0.1, 0.15) is 0 Å². The summed E-state index contributed by atoms with van der Waals surface area (Å²) in [5, 5.41) is 2.53. The number of aromatic nitrogens is 3. The zero-order valence-corrected chi connectivity index (χ0v) is 37.0. The van der Waals surface area contributed by atoms with Crippen molar-refractivity contribution in [2.75, 3.05) is 0 Å². The maximum Gasteiger partial charge on any atom is 0.160 e. The molecule has 0 aliphatic heterocycles. The standard InChI is InChI=1S/C65H41N3/c1-3-17-42(18-4-1)60-41-61(67-64(66-60)43-19-5-2-6-20-43)48-23-15-21-44(37-48)46-33-35-52-53-36-34-47(40-59(53)65(58(52)39-46)56-29-11-7-25-50(56)51-26-8-12-30-57(51)65)45-22-16-24-49(38-45)68-62-31-13-9-27-54(62)55-28-10-14-32-63(55)68/h1-41H. The molecule has 2 aliphatic carbocycles. The molecule has 0 saturated heterocycles. The summed E-state index contributed by atoms with van der Waals surface area (Å²) in [5.74, 6) is 0.709. The Balaban J connectivity index is 0.931. The van der Waals surface area contributed by atoms with E-state index in [-0.39, 0.29) is 0 Å². The van der Waals surface area contributed by atoms with E-state index in [1.54, 1.807) is 0 Å². The van der Waals surface area contributed by atoms with Crippen LogP contribution in [0, 0.1) is 0 Å². The first-order chi connectivity index (χ1) is 33.7. The van der Waals surface area contributed by atoms with Crippen molar-refractivity contribution in [2.45, 2.75) is 5.41 Å². The fraction of sp³-hybridized carbons (Fsp3) is 0.0154. The van der Waals surface area contributed by atoms with Gasteiger partial charge in [0.25, 0.3) is 0 Å². The van der Waals surface area contributed by atoms with E-state index in [2.05, 4.69) is 229 Å². The first-order valence-corrected chi connectivity index (χ1v) is 23.4. The molecule has 12 aromatic rings. The van der Waals surface area contributed by atoms with Gasteiger partial charge in [0, 0.05) is 33.2 Å². The highest BCUT2D eigenvalue weighted by Gasteiger charge is 2.51. The molecule has 2 heterocycles. The Labute approximate surface area is 395 Å². The molecular weight excluding hydrogens is 823 g/mol. The Bertz CT molecular complexity index is 3820. The van der Waals surface area contributed by atoms with E-state index >= 15 is 0 Å². The second kappa shape index (κ2) is 15.1. The molecule has 3 heteroatoms. The summed E-state index contributed by atoms with van der Waals surface area (Å²) in [4.78, 5) is 10.3. The first kappa shape index (κ1) is 38.4. The average Bonchev–Trinajstić information content (AvgIpc) is 4.03. The topological polar surface area (TPSA) is 30.7 Å². The van der Waals surface area contributed by atoms with Gasteiger partial charge in [0.2, 0.25) is 0 Å². The maximum absolute atomic E-state index is 5.19. The second-order valence-corrected chi connectivity index (χ2v) is 18.1. The van der Waals surface area contributed by atoms with Crippen molar-refractivity contribution >= 4 is 21.8 Å². The number of hydrogen-bond donors (Lipinski definition) is 0. The van der Waals surface area contributed by atoms with Crippen molar-refractivity contribution in [1.29, 1.82) is 0 Å². The molecule has 10 aromatic carbocycles. The van der Waals surface area contributed by atoms with Crippen molar-refractivity contribution < 1.29 is 0 Å². The van der Waals surface area contributed by atoms with Gasteiger partial charge in [0.05, 0.1) is 27.8 Å². The van der Waals surface area contributed by atoms with Crippen LogP contribution in [0.1, 0.15) is 22.3 Å². The van der Waals surface area contributed by atoms with Crippen molar-refractivity contribution in [2.24, 2.45) is 0 Å². The van der Waals surface area contributed by atoms with E-state index in [1.807, 2.05) is 24.3 Å². The van der Waals surface area contributed by atoms with E-state index in [4.69, 9.17) is 9.97 Å². The molecule has 0 unspecified atom stereocenters. The first-order valence-electron chi connectivity index (χ1n) is 23.4. The Hall–Kier alpha value is -8.92. The van der Waals surface area contributed by atoms with Crippen LogP contribution in [0.3, 0.4) is 0 Å². The number of benzene rings is 10. The lowest BCUT2D eigenvalue weighted by atomic mass is 9.70. The number of nitrogens with zero attached hydrogens (tertiary/aromatic N) is 3. The van der Waals surface area contributed by atoms with Crippen LogP contribution >= 0.6 is 0 Å². The minimum absolute atomic E-state index is 0.520. The van der Waals surface area contributed by atoms with Gasteiger partial charge in [-0.3, -0.25) is 0 Å². The van der Waals surface area contributed by atoms with Crippen molar-refractivity contribution in [1.82, 2.24) is 14.5 Å². The fourth-order valence-electron chi connectivity index (χ4n) is 11.4. The molecule has 2 aromatic heterocycles. The molecule has 0 saturated carbocycles. The minimum atomic E-state index is -0.520. The van der Waals surface area contributed by atoms with Crippen LogP contribution in [-0.2, 0) is 5.41 Å². The van der Waals surface area contributed by atoms with Gasteiger partial charge in [-0.25, -0.2) is 9.97 Å². The van der Waals surface area contributed by atoms with E-state index in [1.165, 1.54) is 83.0 Å².